The first kappa shape index (κ1) is 7.85. The van der Waals surface area contributed by atoms with Gasteiger partial charge in [0.25, 0.3) is 0 Å². The largest absolute Gasteiger partial charge is 0.396 e. The zero-order valence-corrected chi connectivity index (χ0v) is 6.72. The molecule has 0 unspecified atom stereocenters. The van der Waals surface area contributed by atoms with Gasteiger partial charge in [0, 0.05) is 0 Å². The number of nitrogens with zero attached hydrogens (tertiary/aromatic N) is 1. The molecule has 0 spiro atoms. The highest BCUT2D eigenvalue weighted by Crippen LogP contribution is 2.20. The summed E-state index contributed by atoms with van der Waals surface area (Å²) in [6, 6.07) is 0. The van der Waals surface area contributed by atoms with Crippen LogP contribution in [0.3, 0.4) is 0 Å². The van der Waals surface area contributed by atoms with Gasteiger partial charge in [0.1, 0.15) is 0 Å². The van der Waals surface area contributed by atoms with E-state index in [1.807, 2.05) is 0 Å². The Morgan fingerprint density at radius 3 is 3.00 bits per heavy atom. The molecule has 0 saturated carbocycles. The minimum Gasteiger partial charge on any atom is -0.396 e. The van der Waals surface area contributed by atoms with E-state index in [2.05, 4.69) is 23.7 Å². The van der Waals surface area contributed by atoms with Crippen LogP contribution in [0.15, 0.2) is 12.8 Å². The summed E-state index contributed by atoms with van der Waals surface area (Å²) in [5.41, 5.74) is 8.21. The predicted molar refractivity (Wildman–Crippen MR) is 46.9 cm³/mol. The van der Waals surface area contributed by atoms with Crippen molar-refractivity contribution in [3.63, 3.8) is 0 Å². The molecule has 0 aliphatic rings. The van der Waals surface area contributed by atoms with Gasteiger partial charge in [0.15, 0.2) is 0 Å². The number of anilines is 1. The van der Waals surface area contributed by atoms with Gasteiger partial charge in [-0.2, -0.15) is 5.10 Å². The van der Waals surface area contributed by atoms with Crippen LogP contribution in [0.25, 0.3) is 5.57 Å². The van der Waals surface area contributed by atoms with E-state index in [0.29, 0.717) is 5.69 Å². The molecule has 0 bridgehead atoms. The summed E-state index contributed by atoms with van der Waals surface area (Å²) in [7, 11) is 0. The number of nitrogen functional groups attached to an aromatic ring is 1. The van der Waals surface area contributed by atoms with Crippen molar-refractivity contribution >= 4 is 11.3 Å². The Morgan fingerprint density at radius 2 is 2.55 bits per heavy atom. The molecule has 1 rings (SSSR count). The van der Waals surface area contributed by atoms with Crippen LogP contribution in [0.2, 0.25) is 0 Å². The fourth-order valence-electron chi connectivity index (χ4n) is 1.01. The topological polar surface area (TPSA) is 54.7 Å². The number of hydrogen-bond acceptors (Lipinski definition) is 2. The normalized spacial score (nSPS) is 9.91. The third kappa shape index (κ3) is 1.61. The van der Waals surface area contributed by atoms with Crippen molar-refractivity contribution in [3.8, 4) is 0 Å². The summed E-state index contributed by atoms with van der Waals surface area (Å²) in [6.45, 7) is 6.01. The molecule has 0 atom stereocenters. The van der Waals surface area contributed by atoms with Gasteiger partial charge in [-0.3, -0.25) is 5.10 Å². The molecular weight excluding hydrogens is 138 g/mol. The molecule has 0 aliphatic heterocycles. The van der Waals surface area contributed by atoms with Crippen LogP contribution in [0.5, 0.6) is 0 Å². The zero-order chi connectivity index (χ0) is 8.27. The molecule has 0 amide bonds. The van der Waals surface area contributed by atoms with Crippen molar-refractivity contribution in [2.24, 2.45) is 0 Å². The maximum Gasteiger partial charge on any atom is 0.0833 e. The number of rotatable bonds is 3. The van der Waals surface area contributed by atoms with E-state index in [9.17, 15) is 0 Å². The van der Waals surface area contributed by atoms with E-state index in [1.54, 1.807) is 6.20 Å². The van der Waals surface area contributed by atoms with Crippen LogP contribution >= 0.6 is 0 Å². The smallest absolute Gasteiger partial charge is 0.0833 e. The zero-order valence-electron chi connectivity index (χ0n) is 6.72. The standard InChI is InChI=1S/C8H13N3/c1-3-4-6(2)8-7(9)5-10-11-8/h5H,2-4,9H2,1H3,(H,10,11). The maximum absolute atomic E-state index is 5.62. The molecule has 1 aromatic rings. The van der Waals surface area contributed by atoms with Crippen LogP contribution in [0.4, 0.5) is 5.69 Å². The van der Waals surface area contributed by atoms with Gasteiger partial charge < -0.3 is 5.73 Å². The third-order valence-corrected chi connectivity index (χ3v) is 1.57. The SMILES string of the molecule is C=C(CCC)c1[nH]ncc1N. The summed E-state index contributed by atoms with van der Waals surface area (Å²) in [4.78, 5) is 0. The van der Waals surface area contributed by atoms with Gasteiger partial charge in [0.2, 0.25) is 0 Å². The van der Waals surface area contributed by atoms with Crippen LogP contribution in [-0.4, -0.2) is 10.2 Å². The van der Waals surface area contributed by atoms with Crippen molar-refractivity contribution in [2.75, 3.05) is 5.73 Å². The molecule has 0 radical (unpaired) electrons. The molecule has 1 aromatic heterocycles. The molecule has 3 nitrogen and oxygen atoms in total. The number of hydrogen-bond donors (Lipinski definition) is 2. The highest BCUT2D eigenvalue weighted by atomic mass is 15.1. The van der Waals surface area contributed by atoms with E-state index in [-0.39, 0.29) is 0 Å². The number of allylic oxidation sites excluding steroid dienone is 1. The van der Waals surface area contributed by atoms with Gasteiger partial charge in [-0.25, -0.2) is 0 Å². The monoisotopic (exact) mass is 151 g/mol. The van der Waals surface area contributed by atoms with Crippen molar-refractivity contribution < 1.29 is 0 Å². The molecule has 0 saturated heterocycles. The maximum atomic E-state index is 5.62. The summed E-state index contributed by atoms with van der Waals surface area (Å²) < 4.78 is 0. The Bertz CT molecular complexity index is 250. The lowest BCUT2D eigenvalue weighted by molar-refractivity contribution is 0.960. The summed E-state index contributed by atoms with van der Waals surface area (Å²) in [6.07, 6.45) is 3.65. The molecule has 0 aliphatic carbocycles. The van der Waals surface area contributed by atoms with Crippen molar-refractivity contribution in [3.05, 3.63) is 18.5 Å². The van der Waals surface area contributed by atoms with E-state index in [1.165, 1.54) is 0 Å². The number of aromatic amines is 1. The Morgan fingerprint density at radius 1 is 1.82 bits per heavy atom. The van der Waals surface area contributed by atoms with Crippen molar-refractivity contribution in [1.29, 1.82) is 0 Å². The lowest BCUT2D eigenvalue weighted by Gasteiger charge is -2.00. The van der Waals surface area contributed by atoms with Gasteiger partial charge in [0.05, 0.1) is 17.6 Å². The first-order valence-electron chi connectivity index (χ1n) is 3.72. The molecule has 3 N–H and O–H groups in total. The summed E-state index contributed by atoms with van der Waals surface area (Å²) in [5, 5.41) is 6.63. The predicted octanol–water partition coefficient (Wildman–Crippen LogP) is 1.81. The van der Waals surface area contributed by atoms with Gasteiger partial charge in [-0.1, -0.05) is 19.9 Å². The van der Waals surface area contributed by atoms with Crippen LogP contribution in [-0.2, 0) is 0 Å². The molecule has 1 heterocycles. The highest BCUT2D eigenvalue weighted by molar-refractivity contribution is 5.69. The third-order valence-electron chi connectivity index (χ3n) is 1.57. The molecular formula is C8H13N3. The van der Waals surface area contributed by atoms with E-state index < -0.39 is 0 Å². The van der Waals surface area contributed by atoms with Crippen LogP contribution in [0.1, 0.15) is 25.5 Å². The number of nitrogens with two attached hydrogens (primary N) is 1. The minimum atomic E-state index is 0.684. The van der Waals surface area contributed by atoms with E-state index in [0.717, 1.165) is 24.1 Å². The van der Waals surface area contributed by atoms with Gasteiger partial charge in [-0.15, -0.1) is 0 Å². The molecule has 11 heavy (non-hydrogen) atoms. The molecule has 0 aromatic carbocycles. The number of H-pyrrole nitrogens is 1. The first-order valence-corrected chi connectivity index (χ1v) is 3.72. The van der Waals surface area contributed by atoms with Gasteiger partial charge in [-0.05, 0) is 12.0 Å². The Kier molecular flexibility index (Phi) is 2.31. The highest BCUT2D eigenvalue weighted by Gasteiger charge is 2.03. The fourth-order valence-corrected chi connectivity index (χ4v) is 1.01. The van der Waals surface area contributed by atoms with Crippen LogP contribution < -0.4 is 5.73 Å². The second-order valence-electron chi connectivity index (χ2n) is 2.55. The quantitative estimate of drug-likeness (QED) is 0.692. The Hall–Kier alpha value is -1.25. The number of aromatic nitrogens is 2. The summed E-state index contributed by atoms with van der Waals surface area (Å²) >= 11 is 0. The van der Waals surface area contributed by atoms with E-state index in [4.69, 9.17) is 5.73 Å². The average molecular weight is 151 g/mol. The number of nitrogens with one attached hydrogen (secondary N) is 1. The fraction of sp³-hybridized carbons (Fsp3) is 0.375. The lowest BCUT2D eigenvalue weighted by atomic mass is 10.1. The first-order chi connectivity index (χ1) is 5.25. The van der Waals surface area contributed by atoms with Crippen molar-refractivity contribution in [2.45, 2.75) is 19.8 Å². The van der Waals surface area contributed by atoms with Crippen molar-refractivity contribution in [1.82, 2.24) is 10.2 Å². The molecule has 3 heteroatoms. The Balaban J connectivity index is 2.76. The average Bonchev–Trinajstić information content (AvgIpc) is 2.36. The van der Waals surface area contributed by atoms with Crippen LogP contribution in [0, 0.1) is 0 Å². The lowest BCUT2D eigenvalue weighted by Crippen LogP contribution is -1.90. The Labute approximate surface area is 66.3 Å². The summed E-state index contributed by atoms with van der Waals surface area (Å²) in [5.74, 6) is 0. The minimum absolute atomic E-state index is 0.684. The second-order valence-corrected chi connectivity index (χ2v) is 2.55. The molecule has 0 fully saturated rings. The van der Waals surface area contributed by atoms with Gasteiger partial charge >= 0.3 is 0 Å². The van der Waals surface area contributed by atoms with E-state index >= 15 is 0 Å². The second kappa shape index (κ2) is 3.23. The molecule has 60 valence electrons.